The fourth-order valence-electron chi connectivity index (χ4n) is 1.37. The summed E-state index contributed by atoms with van der Waals surface area (Å²) in [6, 6.07) is 5.54. The molecule has 0 aliphatic rings. The molecule has 1 aromatic carbocycles. The molecule has 1 heterocycles. The van der Waals surface area contributed by atoms with E-state index in [0.717, 1.165) is 10.2 Å². The van der Waals surface area contributed by atoms with E-state index in [1.165, 1.54) is 0 Å². The second-order valence-corrected chi connectivity index (χ2v) is 4.86. The maximum atomic E-state index is 5.94. The summed E-state index contributed by atoms with van der Waals surface area (Å²) >= 11 is 9.28. The highest BCUT2D eigenvalue weighted by molar-refractivity contribution is 9.10. The normalized spacial score (nSPS) is 10.2. The van der Waals surface area contributed by atoms with Crippen molar-refractivity contribution < 1.29 is 4.74 Å². The van der Waals surface area contributed by atoms with E-state index in [4.69, 9.17) is 22.2 Å². The summed E-state index contributed by atoms with van der Waals surface area (Å²) < 4.78 is 6.01. The monoisotopic (exact) mass is 358 g/mol. The molecule has 0 amide bonds. The number of hydrogen-bond donors (Lipinski definition) is 3. The average molecular weight is 360 g/mol. The third-order valence-electron chi connectivity index (χ3n) is 2.19. The molecular formula is C11H12BrClN6O. The maximum Gasteiger partial charge on any atom is 0.323 e. The SMILES string of the molecule is CCOc1nc(NN)nc(Nc2ccc(Cl)c(Br)c2)n1. The van der Waals surface area contributed by atoms with Gasteiger partial charge in [0.1, 0.15) is 0 Å². The zero-order chi connectivity index (χ0) is 14.5. The number of rotatable bonds is 5. The van der Waals surface area contributed by atoms with Gasteiger partial charge < -0.3 is 10.1 Å². The maximum absolute atomic E-state index is 5.94. The minimum absolute atomic E-state index is 0.186. The molecule has 0 saturated carbocycles. The number of anilines is 3. The lowest BCUT2D eigenvalue weighted by Crippen LogP contribution is -2.13. The molecule has 0 spiro atoms. The van der Waals surface area contributed by atoms with Crippen LogP contribution in [0.1, 0.15) is 6.92 Å². The van der Waals surface area contributed by atoms with Gasteiger partial charge in [-0.25, -0.2) is 5.84 Å². The Labute approximate surface area is 129 Å². The van der Waals surface area contributed by atoms with Crippen molar-refractivity contribution in [2.24, 2.45) is 5.84 Å². The van der Waals surface area contributed by atoms with Crippen LogP contribution >= 0.6 is 27.5 Å². The highest BCUT2D eigenvalue weighted by Gasteiger charge is 2.07. The predicted molar refractivity (Wildman–Crippen MR) is 81.2 cm³/mol. The minimum Gasteiger partial charge on any atom is -0.464 e. The van der Waals surface area contributed by atoms with Crippen LogP contribution in [0.5, 0.6) is 6.01 Å². The van der Waals surface area contributed by atoms with E-state index in [9.17, 15) is 0 Å². The van der Waals surface area contributed by atoms with Crippen LogP contribution in [0.3, 0.4) is 0 Å². The van der Waals surface area contributed by atoms with E-state index in [1.807, 2.05) is 13.0 Å². The number of hydrazine groups is 1. The van der Waals surface area contributed by atoms with Crippen LogP contribution in [-0.2, 0) is 0 Å². The summed E-state index contributed by atoms with van der Waals surface area (Å²) in [6.45, 7) is 2.28. The van der Waals surface area contributed by atoms with Crippen molar-refractivity contribution >= 4 is 45.1 Å². The highest BCUT2D eigenvalue weighted by atomic mass is 79.9. The Morgan fingerprint density at radius 3 is 2.70 bits per heavy atom. The van der Waals surface area contributed by atoms with Crippen molar-refractivity contribution in [2.75, 3.05) is 17.3 Å². The second kappa shape index (κ2) is 6.69. The van der Waals surface area contributed by atoms with Gasteiger partial charge in [0, 0.05) is 10.2 Å². The molecule has 1 aromatic heterocycles. The zero-order valence-electron chi connectivity index (χ0n) is 10.5. The molecular weight excluding hydrogens is 348 g/mol. The van der Waals surface area contributed by atoms with Crippen LogP contribution in [0.15, 0.2) is 22.7 Å². The molecule has 0 radical (unpaired) electrons. The number of hydrogen-bond acceptors (Lipinski definition) is 7. The summed E-state index contributed by atoms with van der Waals surface area (Å²) in [7, 11) is 0. The lowest BCUT2D eigenvalue weighted by Gasteiger charge is -2.09. The van der Waals surface area contributed by atoms with Crippen molar-refractivity contribution in [3.05, 3.63) is 27.7 Å². The molecule has 9 heteroatoms. The molecule has 0 fully saturated rings. The fraction of sp³-hybridized carbons (Fsp3) is 0.182. The Bertz CT molecular complexity index is 611. The molecule has 0 aliphatic heterocycles. The number of nitrogen functional groups attached to an aromatic ring is 1. The van der Waals surface area contributed by atoms with Gasteiger partial charge in [-0.1, -0.05) is 11.6 Å². The predicted octanol–water partition coefficient (Wildman–Crippen LogP) is 2.72. The van der Waals surface area contributed by atoms with Crippen LogP contribution in [0.25, 0.3) is 0 Å². The number of nitrogens with zero attached hydrogens (tertiary/aromatic N) is 3. The van der Waals surface area contributed by atoms with Crippen LogP contribution < -0.4 is 21.3 Å². The molecule has 0 bridgehead atoms. The van der Waals surface area contributed by atoms with Crippen molar-refractivity contribution in [1.29, 1.82) is 0 Å². The quantitative estimate of drug-likeness (QED) is 0.557. The van der Waals surface area contributed by atoms with Crippen LogP contribution in [-0.4, -0.2) is 21.6 Å². The molecule has 7 nitrogen and oxygen atoms in total. The van der Waals surface area contributed by atoms with Gasteiger partial charge in [0.25, 0.3) is 0 Å². The van der Waals surface area contributed by atoms with Gasteiger partial charge in [0.2, 0.25) is 11.9 Å². The number of halogens is 2. The number of aromatic nitrogens is 3. The largest absolute Gasteiger partial charge is 0.464 e. The van der Waals surface area contributed by atoms with Crippen LogP contribution in [0.2, 0.25) is 5.02 Å². The fourth-order valence-corrected chi connectivity index (χ4v) is 1.87. The van der Waals surface area contributed by atoms with Gasteiger partial charge in [0.15, 0.2) is 0 Å². The van der Waals surface area contributed by atoms with Gasteiger partial charge in [-0.05, 0) is 41.1 Å². The van der Waals surface area contributed by atoms with Crippen molar-refractivity contribution in [1.82, 2.24) is 15.0 Å². The summed E-state index contributed by atoms with van der Waals surface area (Å²) in [5.41, 5.74) is 3.12. The minimum atomic E-state index is 0.186. The Balaban J connectivity index is 2.27. The van der Waals surface area contributed by atoms with Crippen molar-refractivity contribution in [2.45, 2.75) is 6.92 Å². The van der Waals surface area contributed by atoms with Crippen molar-refractivity contribution in [3.8, 4) is 6.01 Å². The van der Waals surface area contributed by atoms with Gasteiger partial charge >= 0.3 is 6.01 Å². The van der Waals surface area contributed by atoms with E-state index in [0.29, 0.717) is 17.6 Å². The van der Waals surface area contributed by atoms with Crippen molar-refractivity contribution in [3.63, 3.8) is 0 Å². The first-order valence-corrected chi connectivity index (χ1v) is 6.87. The number of nitrogens with one attached hydrogen (secondary N) is 2. The van der Waals surface area contributed by atoms with Gasteiger partial charge in [-0.15, -0.1) is 0 Å². The van der Waals surface area contributed by atoms with Gasteiger partial charge in [0.05, 0.1) is 11.6 Å². The second-order valence-electron chi connectivity index (χ2n) is 3.60. The third-order valence-corrected chi connectivity index (χ3v) is 3.41. The molecule has 20 heavy (non-hydrogen) atoms. The van der Waals surface area contributed by atoms with E-state index < -0.39 is 0 Å². The molecule has 0 atom stereocenters. The first kappa shape index (κ1) is 14.8. The van der Waals surface area contributed by atoms with Crippen LogP contribution in [0, 0.1) is 0 Å². The Morgan fingerprint density at radius 2 is 2.05 bits per heavy atom. The number of benzene rings is 1. The molecule has 0 saturated heterocycles. The molecule has 4 N–H and O–H groups in total. The Kier molecular flexibility index (Phi) is 4.94. The van der Waals surface area contributed by atoms with E-state index in [2.05, 4.69) is 41.6 Å². The topological polar surface area (TPSA) is 98.0 Å². The smallest absolute Gasteiger partial charge is 0.323 e. The summed E-state index contributed by atoms with van der Waals surface area (Å²) in [5.74, 6) is 5.83. The van der Waals surface area contributed by atoms with Gasteiger partial charge in [-0.2, -0.15) is 15.0 Å². The highest BCUT2D eigenvalue weighted by Crippen LogP contribution is 2.27. The zero-order valence-corrected chi connectivity index (χ0v) is 12.9. The average Bonchev–Trinajstić information content (AvgIpc) is 2.43. The molecule has 106 valence electrons. The molecule has 0 unspecified atom stereocenters. The number of ether oxygens (including phenoxy) is 1. The lowest BCUT2D eigenvalue weighted by atomic mass is 10.3. The lowest BCUT2D eigenvalue weighted by molar-refractivity contribution is 0.312. The Morgan fingerprint density at radius 1 is 1.30 bits per heavy atom. The molecule has 0 aliphatic carbocycles. The first-order valence-electron chi connectivity index (χ1n) is 5.70. The third kappa shape index (κ3) is 3.69. The molecule has 2 aromatic rings. The summed E-state index contributed by atoms with van der Waals surface area (Å²) in [6.07, 6.45) is 0. The van der Waals surface area contributed by atoms with E-state index in [1.54, 1.807) is 12.1 Å². The summed E-state index contributed by atoms with van der Waals surface area (Å²) in [4.78, 5) is 12.2. The van der Waals surface area contributed by atoms with E-state index in [-0.39, 0.29) is 12.0 Å². The first-order chi connectivity index (χ1) is 9.62. The van der Waals surface area contributed by atoms with E-state index >= 15 is 0 Å². The van der Waals surface area contributed by atoms with Crippen LogP contribution in [0.4, 0.5) is 17.6 Å². The van der Waals surface area contributed by atoms with Gasteiger partial charge in [-0.3, -0.25) is 5.43 Å². The molecule has 2 rings (SSSR count). The number of nitrogens with two attached hydrogens (primary N) is 1. The summed E-state index contributed by atoms with van der Waals surface area (Å²) in [5, 5.41) is 3.64. The standard InChI is InChI=1S/C11H12BrClN6O/c1-2-20-11-17-9(16-10(18-11)19-14)15-6-3-4-8(13)7(12)5-6/h3-5H,2,14H2,1H3,(H2,15,16,17,18,19). The Hall–Kier alpha value is -1.64.